The number of rotatable bonds is 9. The van der Waals surface area contributed by atoms with Gasteiger partial charge in [-0.25, -0.2) is 4.79 Å². The fourth-order valence-corrected chi connectivity index (χ4v) is 3.30. The molecule has 36 heavy (non-hydrogen) atoms. The highest BCUT2D eigenvalue weighted by Gasteiger charge is 2.35. The zero-order valence-electron chi connectivity index (χ0n) is 20.6. The summed E-state index contributed by atoms with van der Waals surface area (Å²) in [7, 11) is 0. The molecule has 0 unspecified atom stereocenters. The van der Waals surface area contributed by atoms with Gasteiger partial charge in [-0.3, -0.25) is 0 Å². The van der Waals surface area contributed by atoms with Gasteiger partial charge in [0.2, 0.25) is 5.82 Å². The van der Waals surface area contributed by atoms with Crippen molar-refractivity contribution in [1.82, 2.24) is 10.1 Å². The number of alkyl halides is 3. The van der Waals surface area contributed by atoms with Crippen molar-refractivity contribution in [3.05, 3.63) is 59.7 Å². The fourth-order valence-electron chi connectivity index (χ4n) is 3.30. The Kier molecular flexibility index (Phi) is 8.39. The first-order chi connectivity index (χ1) is 17.0. The lowest BCUT2D eigenvalue weighted by Crippen LogP contribution is -2.13. The van der Waals surface area contributed by atoms with E-state index in [9.17, 15) is 18.0 Å². The summed E-state index contributed by atoms with van der Waals surface area (Å²) < 4.78 is 62.0. The monoisotopic (exact) mass is 504 g/mol. The van der Waals surface area contributed by atoms with Crippen molar-refractivity contribution in [2.24, 2.45) is 0 Å². The van der Waals surface area contributed by atoms with E-state index in [0.717, 1.165) is 6.07 Å². The van der Waals surface area contributed by atoms with Gasteiger partial charge in [0, 0.05) is 16.7 Å². The second-order valence-corrected chi connectivity index (χ2v) is 8.22. The molecule has 1 aromatic heterocycles. The number of aromatic nitrogens is 2. The Morgan fingerprint density at radius 2 is 1.72 bits per heavy atom. The molecule has 0 saturated heterocycles. The predicted octanol–water partition coefficient (Wildman–Crippen LogP) is 6.49. The number of halogens is 3. The normalized spacial score (nSPS) is 13.0. The van der Waals surface area contributed by atoms with E-state index in [1.165, 1.54) is 12.1 Å². The van der Waals surface area contributed by atoms with Gasteiger partial charge >= 0.3 is 12.1 Å². The van der Waals surface area contributed by atoms with Crippen LogP contribution in [0.5, 0.6) is 11.5 Å². The van der Waals surface area contributed by atoms with Crippen LogP contribution in [0.4, 0.5) is 13.2 Å². The van der Waals surface area contributed by atoms with Crippen LogP contribution >= 0.6 is 0 Å². The molecule has 3 aromatic rings. The van der Waals surface area contributed by atoms with E-state index >= 15 is 0 Å². The molecule has 0 fully saturated rings. The van der Waals surface area contributed by atoms with E-state index in [1.807, 2.05) is 0 Å². The molecule has 0 spiro atoms. The molecule has 0 saturated carbocycles. The van der Waals surface area contributed by atoms with E-state index < -0.39 is 23.8 Å². The van der Waals surface area contributed by atoms with Gasteiger partial charge in [0.05, 0.1) is 18.3 Å². The highest BCUT2D eigenvalue weighted by atomic mass is 19.4. The Bertz CT molecular complexity index is 1220. The van der Waals surface area contributed by atoms with Crippen LogP contribution in [0, 0.1) is 0 Å². The van der Waals surface area contributed by atoms with Crippen LogP contribution in [0.15, 0.2) is 58.6 Å². The Balaban J connectivity index is 1.76. The minimum atomic E-state index is -4.61. The second kappa shape index (κ2) is 11.3. The minimum Gasteiger partial charge on any atom is -0.490 e. The molecular weight excluding hydrogens is 477 g/mol. The lowest BCUT2D eigenvalue weighted by Gasteiger charge is -2.16. The zero-order chi connectivity index (χ0) is 26.5. The van der Waals surface area contributed by atoms with Gasteiger partial charge < -0.3 is 18.7 Å². The molecule has 1 atom stereocenters. The van der Waals surface area contributed by atoms with Gasteiger partial charge in [-0.05, 0) is 83.2 Å². The Labute approximate surface area is 206 Å². The summed E-state index contributed by atoms with van der Waals surface area (Å²) in [5.41, 5.74) is 0.230. The molecule has 0 bridgehead atoms. The predicted molar refractivity (Wildman–Crippen MR) is 126 cm³/mol. The quantitative estimate of drug-likeness (QED) is 0.243. The third-order valence-electron chi connectivity index (χ3n) is 4.84. The van der Waals surface area contributed by atoms with E-state index in [-0.39, 0.29) is 29.1 Å². The number of hydrogen-bond acceptors (Lipinski definition) is 7. The average Bonchev–Trinajstić information content (AvgIpc) is 3.29. The molecule has 0 radical (unpaired) electrons. The Morgan fingerprint density at radius 1 is 1.06 bits per heavy atom. The molecule has 0 aliphatic heterocycles. The number of nitrogens with zero attached hydrogens (tertiary/aromatic N) is 2. The van der Waals surface area contributed by atoms with Gasteiger partial charge in [-0.2, -0.15) is 18.2 Å². The van der Waals surface area contributed by atoms with Crippen molar-refractivity contribution in [2.45, 2.75) is 53.0 Å². The lowest BCUT2D eigenvalue weighted by molar-refractivity contribution is -0.139. The lowest BCUT2D eigenvalue weighted by atomic mass is 10.1. The van der Waals surface area contributed by atoms with Crippen LogP contribution in [0.1, 0.15) is 40.2 Å². The third kappa shape index (κ3) is 6.87. The molecule has 1 heterocycles. The van der Waals surface area contributed by atoms with Crippen molar-refractivity contribution in [2.75, 3.05) is 6.61 Å². The summed E-state index contributed by atoms with van der Waals surface area (Å²) >= 11 is 0. The maximum absolute atomic E-state index is 13.6. The number of benzene rings is 2. The van der Waals surface area contributed by atoms with Crippen LogP contribution in [-0.4, -0.2) is 34.9 Å². The number of esters is 1. The molecule has 3 rings (SSSR count). The number of ether oxygens (including phenoxy) is 3. The summed E-state index contributed by atoms with van der Waals surface area (Å²) in [5.74, 6) is 0.0234. The van der Waals surface area contributed by atoms with Gasteiger partial charge in [0.15, 0.2) is 0 Å². The summed E-state index contributed by atoms with van der Waals surface area (Å²) in [4.78, 5) is 16.0. The average molecular weight is 505 g/mol. The summed E-state index contributed by atoms with van der Waals surface area (Å²) in [6.45, 7) is 8.76. The number of carbonyl (C=O) groups excluding carboxylic acids is 1. The number of carbonyl (C=O) groups is 1. The first-order valence-corrected chi connectivity index (χ1v) is 11.3. The molecule has 192 valence electrons. The minimum absolute atomic E-state index is 0.0140. The molecule has 2 aromatic carbocycles. The van der Waals surface area contributed by atoms with Crippen molar-refractivity contribution < 1.29 is 36.7 Å². The van der Waals surface area contributed by atoms with E-state index in [0.29, 0.717) is 23.5 Å². The molecule has 0 aliphatic carbocycles. The SMILES string of the molecule is CCOC(=O)/C(C)=C/[C@@H](C)Oc1ccc(-c2nc(-c3ccc(OC(C)C)c(C(F)(F)F)c3)no2)cc1. The van der Waals surface area contributed by atoms with Crippen molar-refractivity contribution >= 4 is 5.97 Å². The van der Waals surface area contributed by atoms with E-state index in [2.05, 4.69) is 10.1 Å². The molecule has 0 amide bonds. The third-order valence-corrected chi connectivity index (χ3v) is 4.84. The highest BCUT2D eigenvalue weighted by Crippen LogP contribution is 2.39. The van der Waals surface area contributed by atoms with Gasteiger partial charge in [0.25, 0.3) is 5.89 Å². The number of hydrogen-bond donors (Lipinski definition) is 0. The standard InChI is InChI=1S/C26H27F3N2O5/c1-6-33-25(32)16(4)13-17(5)35-20-10-7-18(8-11-20)24-30-23(31-36-24)19-9-12-22(34-15(2)3)21(14-19)26(27,28)29/h7-15,17H,6H2,1-5H3/b16-13+/t17-/m1/s1. The fraction of sp³-hybridized carbons (Fsp3) is 0.346. The van der Waals surface area contributed by atoms with Gasteiger partial charge in [-0.15, -0.1) is 0 Å². The first-order valence-electron chi connectivity index (χ1n) is 11.3. The van der Waals surface area contributed by atoms with Crippen LogP contribution in [0.2, 0.25) is 0 Å². The van der Waals surface area contributed by atoms with Crippen LogP contribution in [0.3, 0.4) is 0 Å². The molecule has 10 heteroatoms. The van der Waals surface area contributed by atoms with Crippen LogP contribution < -0.4 is 9.47 Å². The first kappa shape index (κ1) is 26.8. The highest BCUT2D eigenvalue weighted by molar-refractivity contribution is 5.87. The summed E-state index contributed by atoms with van der Waals surface area (Å²) in [6.07, 6.45) is -3.76. The molecule has 0 aliphatic rings. The Hall–Kier alpha value is -3.82. The van der Waals surface area contributed by atoms with Crippen LogP contribution in [0.25, 0.3) is 22.8 Å². The maximum Gasteiger partial charge on any atom is 0.419 e. The second-order valence-electron chi connectivity index (χ2n) is 8.22. The Morgan fingerprint density at radius 3 is 2.33 bits per heavy atom. The van der Waals surface area contributed by atoms with Crippen LogP contribution in [-0.2, 0) is 15.7 Å². The molecular formula is C26H27F3N2O5. The summed E-state index contributed by atoms with van der Waals surface area (Å²) in [6, 6.07) is 10.4. The van der Waals surface area contributed by atoms with Crippen molar-refractivity contribution in [3.8, 4) is 34.3 Å². The van der Waals surface area contributed by atoms with Crippen molar-refractivity contribution in [1.29, 1.82) is 0 Å². The topological polar surface area (TPSA) is 83.7 Å². The van der Waals surface area contributed by atoms with Gasteiger partial charge in [-0.1, -0.05) is 5.16 Å². The van der Waals surface area contributed by atoms with E-state index in [4.69, 9.17) is 18.7 Å². The smallest absolute Gasteiger partial charge is 0.419 e. The molecule has 0 N–H and O–H groups in total. The van der Waals surface area contributed by atoms with Gasteiger partial charge in [0.1, 0.15) is 17.6 Å². The maximum atomic E-state index is 13.6. The molecule has 7 nitrogen and oxygen atoms in total. The van der Waals surface area contributed by atoms with E-state index in [1.54, 1.807) is 65.0 Å². The largest absolute Gasteiger partial charge is 0.490 e. The summed E-state index contributed by atoms with van der Waals surface area (Å²) in [5, 5.41) is 3.83. The zero-order valence-corrected chi connectivity index (χ0v) is 20.6. The van der Waals surface area contributed by atoms with Crippen molar-refractivity contribution in [3.63, 3.8) is 0 Å².